The number of carbonyl (C=O) groups is 1. The lowest BCUT2D eigenvalue weighted by atomic mass is 10.1. The third-order valence-electron chi connectivity index (χ3n) is 5.64. The molecule has 0 unspecified atom stereocenters. The fraction of sp³-hybridized carbons (Fsp3) is 0.320. The second-order valence-electron chi connectivity index (χ2n) is 8.21. The Morgan fingerprint density at radius 2 is 1.85 bits per heavy atom. The fourth-order valence-electron chi connectivity index (χ4n) is 3.91. The summed E-state index contributed by atoms with van der Waals surface area (Å²) in [5.74, 6) is -1.94. The number of amides is 1. The highest BCUT2D eigenvalue weighted by atomic mass is 19.2. The summed E-state index contributed by atoms with van der Waals surface area (Å²) in [5, 5.41) is 6.98. The average molecular weight is 469 g/mol. The Labute approximate surface area is 196 Å². The predicted octanol–water partition coefficient (Wildman–Crippen LogP) is 4.27. The summed E-state index contributed by atoms with van der Waals surface area (Å²) in [5.41, 5.74) is 1.61. The van der Waals surface area contributed by atoms with E-state index in [9.17, 15) is 18.4 Å². The Hall–Kier alpha value is -3.59. The van der Waals surface area contributed by atoms with Crippen LogP contribution in [0, 0.1) is 11.6 Å². The number of ether oxygens (including phenoxy) is 1. The number of nitrogens with one attached hydrogen (secondary N) is 1. The van der Waals surface area contributed by atoms with E-state index < -0.39 is 17.7 Å². The van der Waals surface area contributed by atoms with Crippen LogP contribution in [0.2, 0.25) is 0 Å². The van der Waals surface area contributed by atoms with Crippen molar-refractivity contribution in [3.63, 3.8) is 0 Å². The Balaban J connectivity index is 1.36. The summed E-state index contributed by atoms with van der Waals surface area (Å²) < 4.78 is 33.3. The van der Waals surface area contributed by atoms with E-state index in [1.54, 1.807) is 24.3 Å². The molecule has 4 rings (SSSR count). The maximum atomic E-state index is 13.6. The lowest BCUT2D eigenvalue weighted by molar-refractivity contribution is 0.154. The van der Waals surface area contributed by atoms with E-state index in [2.05, 4.69) is 15.3 Å². The largest absolute Gasteiger partial charge is 0.449 e. The molecule has 2 heterocycles. The molecule has 9 heteroatoms. The third kappa shape index (κ3) is 6.26. The van der Waals surface area contributed by atoms with Gasteiger partial charge in [-0.25, -0.2) is 18.3 Å². The summed E-state index contributed by atoms with van der Waals surface area (Å²) in [6.07, 6.45) is 2.72. The molecule has 0 saturated carbocycles. The van der Waals surface area contributed by atoms with Crippen molar-refractivity contribution in [1.29, 1.82) is 0 Å². The van der Waals surface area contributed by atoms with Gasteiger partial charge in [-0.1, -0.05) is 12.1 Å². The molecular weight excluding hydrogens is 442 g/mol. The molecule has 1 aromatic heterocycles. The molecule has 0 atom stereocenters. The van der Waals surface area contributed by atoms with Crippen molar-refractivity contribution in [2.45, 2.75) is 25.8 Å². The summed E-state index contributed by atoms with van der Waals surface area (Å²) in [4.78, 5) is 26.8. The quantitative estimate of drug-likeness (QED) is 0.500. The molecule has 178 valence electrons. The smallest absolute Gasteiger partial charge is 0.411 e. The summed E-state index contributed by atoms with van der Waals surface area (Å²) in [6, 6.07) is 13.2. The van der Waals surface area contributed by atoms with Gasteiger partial charge in [0.05, 0.1) is 18.8 Å². The van der Waals surface area contributed by atoms with Gasteiger partial charge in [-0.15, -0.1) is 0 Å². The Bertz CT molecular complexity index is 1210. The monoisotopic (exact) mass is 468 g/mol. The molecule has 1 aliphatic rings. The zero-order valence-electron chi connectivity index (χ0n) is 18.7. The first-order chi connectivity index (χ1) is 16.5. The minimum Gasteiger partial charge on any atom is -0.449 e. The van der Waals surface area contributed by atoms with Crippen molar-refractivity contribution < 1.29 is 18.3 Å². The standard InChI is InChI=1S/C25H26F2N4O3/c26-21-8-7-19(16-22(21)27)23-9-10-24(32)31(29-23)17-18-5-3-6-20(15-18)28-25(33)34-14-4-13-30-11-1-2-12-30/h3,5-10,15-16H,1-2,4,11-14,17H2,(H,28,33). The molecule has 3 aromatic rings. The Morgan fingerprint density at radius 3 is 2.65 bits per heavy atom. The maximum Gasteiger partial charge on any atom is 0.411 e. The van der Waals surface area contributed by atoms with Crippen molar-refractivity contribution in [2.24, 2.45) is 0 Å². The van der Waals surface area contributed by atoms with Gasteiger partial charge >= 0.3 is 6.09 Å². The highest BCUT2D eigenvalue weighted by molar-refractivity contribution is 5.84. The molecule has 1 N–H and O–H groups in total. The van der Waals surface area contributed by atoms with Crippen LogP contribution in [0.5, 0.6) is 0 Å². The first kappa shape index (κ1) is 23.6. The summed E-state index contributed by atoms with van der Waals surface area (Å²) in [6.45, 7) is 3.63. The highest BCUT2D eigenvalue weighted by Crippen LogP contribution is 2.19. The minimum atomic E-state index is -0.987. The molecule has 2 aromatic carbocycles. The first-order valence-electron chi connectivity index (χ1n) is 11.3. The van der Waals surface area contributed by atoms with Gasteiger partial charge in [0.1, 0.15) is 0 Å². The molecule has 1 fully saturated rings. The molecule has 0 aliphatic carbocycles. The van der Waals surface area contributed by atoms with Crippen LogP contribution in [0.3, 0.4) is 0 Å². The van der Waals surface area contributed by atoms with E-state index in [-0.39, 0.29) is 12.1 Å². The van der Waals surface area contributed by atoms with Crippen molar-refractivity contribution in [1.82, 2.24) is 14.7 Å². The van der Waals surface area contributed by atoms with Crippen molar-refractivity contribution in [3.05, 3.63) is 82.1 Å². The van der Waals surface area contributed by atoms with Crippen LogP contribution < -0.4 is 10.9 Å². The molecule has 34 heavy (non-hydrogen) atoms. The Morgan fingerprint density at radius 1 is 1.03 bits per heavy atom. The minimum absolute atomic E-state index is 0.136. The van der Waals surface area contributed by atoms with E-state index in [4.69, 9.17) is 4.74 Å². The number of nitrogens with zero attached hydrogens (tertiary/aromatic N) is 3. The lowest BCUT2D eigenvalue weighted by Crippen LogP contribution is -2.23. The number of hydrogen-bond acceptors (Lipinski definition) is 5. The van der Waals surface area contributed by atoms with Gasteiger partial charge in [-0.2, -0.15) is 5.10 Å². The molecule has 0 radical (unpaired) electrons. The summed E-state index contributed by atoms with van der Waals surface area (Å²) in [7, 11) is 0. The second-order valence-corrected chi connectivity index (χ2v) is 8.21. The predicted molar refractivity (Wildman–Crippen MR) is 125 cm³/mol. The van der Waals surface area contributed by atoms with Crippen LogP contribution in [0.15, 0.2) is 59.4 Å². The molecule has 7 nitrogen and oxygen atoms in total. The summed E-state index contributed by atoms with van der Waals surface area (Å²) >= 11 is 0. The fourth-order valence-corrected chi connectivity index (χ4v) is 3.91. The van der Waals surface area contributed by atoms with Gasteiger partial charge in [0, 0.05) is 23.9 Å². The van der Waals surface area contributed by atoms with Gasteiger partial charge in [0.15, 0.2) is 11.6 Å². The van der Waals surface area contributed by atoms with Gasteiger partial charge < -0.3 is 9.64 Å². The first-order valence-corrected chi connectivity index (χ1v) is 11.3. The number of hydrogen-bond donors (Lipinski definition) is 1. The highest BCUT2D eigenvalue weighted by Gasteiger charge is 2.12. The van der Waals surface area contributed by atoms with Crippen LogP contribution in [0.4, 0.5) is 19.3 Å². The van der Waals surface area contributed by atoms with Gasteiger partial charge in [-0.3, -0.25) is 10.1 Å². The number of rotatable bonds is 8. The van der Waals surface area contributed by atoms with Crippen molar-refractivity contribution >= 4 is 11.8 Å². The van der Waals surface area contributed by atoms with Crippen LogP contribution >= 0.6 is 0 Å². The number of anilines is 1. The van der Waals surface area contributed by atoms with E-state index in [1.807, 2.05) is 0 Å². The third-order valence-corrected chi connectivity index (χ3v) is 5.64. The zero-order chi connectivity index (χ0) is 23.9. The normalized spacial score (nSPS) is 13.7. The van der Waals surface area contributed by atoms with Crippen molar-refractivity contribution in [2.75, 3.05) is 31.6 Å². The van der Waals surface area contributed by atoms with Gasteiger partial charge in [0.2, 0.25) is 0 Å². The van der Waals surface area contributed by atoms with E-state index in [0.29, 0.717) is 23.6 Å². The van der Waals surface area contributed by atoms with E-state index >= 15 is 0 Å². The lowest BCUT2D eigenvalue weighted by Gasteiger charge is -2.14. The van der Waals surface area contributed by atoms with Crippen LogP contribution in [-0.4, -0.2) is 47.0 Å². The van der Waals surface area contributed by atoms with Crippen LogP contribution in [-0.2, 0) is 11.3 Å². The average Bonchev–Trinajstić information content (AvgIpc) is 3.34. The molecular formula is C25H26F2N4O3. The molecule has 1 saturated heterocycles. The SMILES string of the molecule is O=C(Nc1cccc(Cn2nc(-c3ccc(F)c(F)c3)ccc2=O)c1)OCCCN1CCCC1. The van der Waals surface area contributed by atoms with E-state index in [0.717, 1.165) is 43.8 Å². The topological polar surface area (TPSA) is 76.5 Å². The van der Waals surface area contributed by atoms with Gasteiger partial charge in [0.25, 0.3) is 5.56 Å². The second kappa shape index (κ2) is 11.0. The van der Waals surface area contributed by atoms with E-state index in [1.165, 1.54) is 35.7 Å². The molecule has 1 amide bonds. The zero-order valence-corrected chi connectivity index (χ0v) is 18.7. The van der Waals surface area contributed by atoms with Crippen LogP contribution in [0.25, 0.3) is 11.3 Å². The van der Waals surface area contributed by atoms with Crippen molar-refractivity contribution in [3.8, 4) is 11.3 Å². The molecule has 1 aliphatic heterocycles. The molecule has 0 bridgehead atoms. The number of aromatic nitrogens is 2. The Kier molecular flexibility index (Phi) is 7.64. The number of halogens is 2. The van der Waals surface area contributed by atoms with Crippen LogP contribution in [0.1, 0.15) is 24.8 Å². The maximum absolute atomic E-state index is 13.6. The number of likely N-dealkylation sites (tertiary alicyclic amines) is 1. The number of benzene rings is 2. The number of carbonyl (C=O) groups excluding carboxylic acids is 1. The molecule has 0 spiro atoms. The van der Waals surface area contributed by atoms with Gasteiger partial charge in [-0.05, 0) is 74.3 Å².